The second-order valence-corrected chi connectivity index (χ2v) is 2.78. The topological polar surface area (TPSA) is 49.3 Å². The zero-order chi connectivity index (χ0) is 8.15. The third-order valence-electron chi connectivity index (χ3n) is 0.930. The predicted molar refractivity (Wildman–Crippen MR) is 39.6 cm³/mol. The first-order valence-corrected chi connectivity index (χ1v) is 3.49. The Morgan fingerprint density at radius 1 is 1.50 bits per heavy atom. The van der Waals surface area contributed by atoms with Gasteiger partial charge in [0.2, 0.25) is 5.91 Å². The maximum atomic E-state index is 10.8. The summed E-state index contributed by atoms with van der Waals surface area (Å²) in [5.74, 6) is -0.0926. The normalized spacial score (nSPS) is 13.3. The summed E-state index contributed by atoms with van der Waals surface area (Å²) in [5, 5.41) is 11.4. The summed E-state index contributed by atoms with van der Waals surface area (Å²) in [6, 6.07) is 0.159. The van der Waals surface area contributed by atoms with Crippen molar-refractivity contribution in [1.82, 2.24) is 5.32 Å². The fraction of sp³-hybridized carbons (Fsp3) is 0.857. The SMILES string of the molecule is CC(O)CC(=O)NC(C)C. The van der Waals surface area contributed by atoms with Gasteiger partial charge in [-0.15, -0.1) is 0 Å². The van der Waals surface area contributed by atoms with Gasteiger partial charge in [0.05, 0.1) is 12.5 Å². The van der Waals surface area contributed by atoms with Crippen molar-refractivity contribution in [3.05, 3.63) is 0 Å². The van der Waals surface area contributed by atoms with Crippen LogP contribution >= 0.6 is 0 Å². The van der Waals surface area contributed by atoms with Crippen molar-refractivity contribution < 1.29 is 9.90 Å². The Kier molecular flexibility index (Phi) is 4.03. The van der Waals surface area contributed by atoms with Crippen molar-refractivity contribution in [2.45, 2.75) is 39.3 Å². The average Bonchev–Trinajstić information content (AvgIpc) is 1.58. The quantitative estimate of drug-likeness (QED) is 0.599. The summed E-state index contributed by atoms with van der Waals surface area (Å²) in [6.45, 7) is 5.37. The van der Waals surface area contributed by atoms with E-state index >= 15 is 0 Å². The molecule has 60 valence electrons. The van der Waals surface area contributed by atoms with E-state index in [-0.39, 0.29) is 18.4 Å². The van der Waals surface area contributed by atoms with E-state index in [2.05, 4.69) is 5.32 Å². The van der Waals surface area contributed by atoms with E-state index in [4.69, 9.17) is 5.11 Å². The first-order valence-electron chi connectivity index (χ1n) is 3.49. The molecule has 1 unspecified atom stereocenters. The predicted octanol–water partition coefficient (Wildman–Crippen LogP) is 0.282. The van der Waals surface area contributed by atoms with E-state index < -0.39 is 6.10 Å². The van der Waals surface area contributed by atoms with Gasteiger partial charge in [-0.1, -0.05) is 0 Å². The Morgan fingerprint density at radius 2 is 2.00 bits per heavy atom. The van der Waals surface area contributed by atoms with Crippen LogP contribution in [0.25, 0.3) is 0 Å². The summed E-state index contributed by atoms with van der Waals surface area (Å²) in [6.07, 6.45) is -0.350. The molecule has 0 bridgehead atoms. The van der Waals surface area contributed by atoms with Crippen molar-refractivity contribution >= 4 is 5.91 Å². The van der Waals surface area contributed by atoms with Gasteiger partial charge in [0, 0.05) is 6.04 Å². The molecule has 0 saturated carbocycles. The molecule has 0 radical (unpaired) electrons. The molecule has 3 nitrogen and oxygen atoms in total. The van der Waals surface area contributed by atoms with Gasteiger partial charge >= 0.3 is 0 Å². The molecular weight excluding hydrogens is 130 g/mol. The van der Waals surface area contributed by atoms with Gasteiger partial charge in [-0.05, 0) is 20.8 Å². The van der Waals surface area contributed by atoms with E-state index in [1.54, 1.807) is 6.92 Å². The van der Waals surface area contributed by atoms with Gasteiger partial charge in [-0.25, -0.2) is 0 Å². The van der Waals surface area contributed by atoms with Crippen LogP contribution in [0.15, 0.2) is 0 Å². The Morgan fingerprint density at radius 3 is 2.30 bits per heavy atom. The molecule has 1 amide bonds. The lowest BCUT2D eigenvalue weighted by Gasteiger charge is -2.08. The zero-order valence-electron chi connectivity index (χ0n) is 6.72. The van der Waals surface area contributed by atoms with Crippen LogP contribution in [-0.4, -0.2) is 23.2 Å². The van der Waals surface area contributed by atoms with Crippen molar-refractivity contribution in [3.63, 3.8) is 0 Å². The van der Waals surface area contributed by atoms with Crippen LogP contribution in [0.5, 0.6) is 0 Å². The minimum Gasteiger partial charge on any atom is -0.393 e. The van der Waals surface area contributed by atoms with E-state index in [1.807, 2.05) is 13.8 Å². The summed E-state index contributed by atoms with van der Waals surface area (Å²) in [4.78, 5) is 10.8. The third kappa shape index (κ3) is 5.56. The minimum atomic E-state index is -0.543. The lowest BCUT2D eigenvalue weighted by Crippen LogP contribution is -2.32. The van der Waals surface area contributed by atoms with E-state index in [0.717, 1.165) is 0 Å². The van der Waals surface area contributed by atoms with Gasteiger partial charge in [0.25, 0.3) is 0 Å². The molecule has 0 aliphatic carbocycles. The number of rotatable bonds is 3. The number of amides is 1. The number of hydrogen-bond acceptors (Lipinski definition) is 2. The Bertz CT molecular complexity index is 98.2. The molecule has 3 heteroatoms. The number of aliphatic hydroxyl groups is 1. The second-order valence-electron chi connectivity index (χ2n) is 2.78. The number of aliphatic hydroxyl groups excluding tert-OH is 1. The molecule has 0 fully saturated rings. The van der Waals surface area contributed by atoms with Gasteiger partial charge in [0.1, 0.15) is 0 Å². The first-order chi connectivity index (χ1) is 4.52. The van der Waals surface area contributed by atoms with Crippen LogP contribution < -0.4 is 5.32 Å². The molecule has 0 spiro atoms. The van der Waals surface area contributed by atoms with Gasteiger partial charge < -0.3 is 10.4 Å². The average molecular weight is 145 g/mol. The summed E-state index contributed by atoms with van der Waals surface area (Å²) in [7, 11) is 0. The highest BCUT2D eigenvalue weighted by Gasteiger charge is 2.05. The number of hydrogen-bond donors (Lipinski definition) is 2. The van der Waals surface area contributed by atoms with Gasteiger partial charge in [-0.2, -0.15) is 0 Å². The van der Waals surface area contributed by atoms with E-state index in [9.17, 15) is 4.79 Å². The molecule has 0 saturated heterocycles. The molecule has 0 rings (SSSR count). The maximum absolute atomic E-state index is 10.8. The fourth-order valence-electron chi connectivity index (χ4n) is 0.649. The number of carbonyl (C=O) groups is 1. The molecule has 0 aromatic carbocycles. The minimum absolute atomic E-state index is 0.0926. The standard InChI is InChI=1S/C7H15NO2/c1-5(2)8-7(10)4-6(3)9/h5-6,9H,4H2,1-3H3,(H,8,10). The monoisotopic (exact) mass is 145 g/mol. The number of carbonyl (C=O) groups excluding carboxylic acids is 1. The molecular formula is C7H15NO2. The summed E-state index contributed by atoms with van der Waals surface area (Å²) >= 11 is 0. The van der Waals surface area contributed by atoms with Crippen molar-refractivity contribution in [1.29, 1.82) is 0 Å². The van der Waals surface area contributed by atoms with Crippen LogP contribution in [0.4, 0.5) is 0 Å². The van der Waals surface area contributed by atoms with E-state index in [0.29, 0.717) is 0 Å². The van der Waals surface area contributed by atoms with Crippen LogP contribution in [0.1, 0.15) is 27.2 Å². The van der Waals surface area contributed by atoms with Crippen molar-refractivity contribution in [3.8, 4) is 0 Å². The first kappa shape index (κ1) is 9.43. The van der Waals surface area contributed by atoms with Crippen LogP contribution in [0.2, 0.25) is 0 Å². The van der Waals surface area contributed by atoms with Gasteiger partial charge in [0.15, 0.2) is 0 Å². The summed E-state index contributed by atoms with van der Waals surface area (Å²) < 4.78 is 0. The van der Waals surface area contributed by atoms with Crippen LogP contribution in [-0.2, 0) is 4.79 Å². The van der Waals surface area contributed by atoms with Gasteiger partial charge in [-0.3, -0.25) is 4.79 Å². The largest absolute Gasteiger partial charge is 0.393 e. The molecule has 0 aliphatic heterocycles. The molecule has 0 aliphatic rings. The molecule has 10 heavy (non-hydrogen) atoms. The summed E-state index contributed by atoms with van der Waals surface area (Å²) in [5.41, 5.74) is 0. The Labute approximate surface area is 61.4 Å². The number of nitrogens with one attached hydrogen (secondary N) is 1. The highest BCUT2D eigenvalue weighted by molar-refractivity contribution is 5.76. The lowest BCUT2D eigenvalue weighted by atomic mass is 10.2. The lowest BCUT2D eigenvalue weighted by molar-refractivity contribution is -0.123. The molecule has 2 N–H and O–H groups in total. The van der Waals surface area contributed by atoms with Crippen molar-refractivity contribution in [2.75, 3.05) is 0 Å². The van der Waals surface area contributed by atoms with Crippen LogP contribution in [0.3, 0.4) is 0 Å². The molecule has 0 heterocycles. The Balaban J connectivity index is 3.44. The fourth-order valence-corrected chi connectivity index (χ4v) is 0.649. The smallest absolute Gasteiger partial charge is 0.222 e. The van der Waals surface area contributed by atoms with Crippen molar-refractivity contribution in [2.24, 2.45) is 0 Å². The maximum Gasteiger partial charge on any atom is 0.222 e. The zero-order valence-corrected chi connectivity index (χ0v) is 6.72. The highest BCUT2D eigenvalue weighted by Crippen LogP contribution is 1.89. The molecule has 0 aromatic heterocycles. The third-order valence-corrected chi connectivity index (χ3v) is 0.930. The van der Waals surface area contributed by atoms with Crippen LogP contribution in [0, 0.1) is 0 Å². The molecule has 1 atom stereocenters. The van der Waals surface area contributed by atoms with E-state index in [1.165, 1.54) is 0 Å². The highest BCUT2D eigenvalue weighted by atomic mass is 16.3. The Hall–Kier alpha value is -0.570. The molecule has 0 aromatic rings. The second kappa shape index (κ2) is 4.28.